The van der Waals surface area contributed by atoms with Crippen molar-refractivity contribution in [2.75, 3.05) is 6.61 Å². The lowest BCUT2D eigenvalue weighted by Crippen LogP contribution is -2.40. The van der Waals surface area contributed by atoms with Crippen molar-refractivity contribution < 1.29 is 14.0 Å². The van der Waals surface area contributed by atoms with Gasteiger partial charge in [0.1, 0.15) is 6.61 Å². The first-order valence-corrected chi connectivity index (χ1v) is 11.5. The van der Waals surface area contributed by atoms with Crippen LogP contribution in [0.2, 0.25) is 19.6 Å². The van der Waals surface area contributed by atoms with Gasteiger partial charge >= 0.3 is 6.09 Å². The first-order chi connectivity index (χ1) is 10.7. The quantitative estimate of drug-likeness (QED) is 0.583. The average Bonchev–Trinajstić information content (AvgIpc) is 2.81. The summed E-state index contributed by atoms with van der Waals surface area (Å²) in [6.45, 7) is 13.0. The highest BCUT2D eigenvalue weighted by molar-refractivity contribution is 6.70. The Balaban J connectivity index is 2.40. The molecule has 4 nitrogen and oxygen atoms in total. The summed E-state index contributed by atoms with van der Waals surface area (Å²) in [7, 11) is -1.86. The van der Waals surface area contributed by atoms with Crippen molar-refractivity contribution in [3.8, 4) is 0 Å². The molecule has 1 fully saturated rings. The predicted molar refractivity (Wildman–Crippen MR) is 95.4 cm³/mol. The van der Waals surface area contributed by atoms with Crippen LogP contribution in [-0.4, -0.2) is 32.0 Å². The molecule has 1 heterocycles. The van der Waals surface area contributed by atoms with Crippen LogP contribution in [0.15, 0.2) is 30.1 Å². The largest absolute Gasteiger partial charge is 0.532 e. The van der Waals surface area contributed by atoms with Gasteiger partial charge in [0.15, 0.2) is 5.88 Å². The minimum Gasteiger partial charge on any atom is -0.532 e. The Bertz CT molecular complexity index is 587. The first kappa shape index (κ1) is 17.6. The molecule has 0 saturated carbocycles. The number of carbonyl (C=O) groups excluding carboxylic acids is 1. The van der Waals surface area contributed by atoms with Crippen molar-refractivity contribution >= 4 is 20.5 Å². The number of ether oxygens (including phenoxy) is 1. The second-order valence-corrected chi connectivity index (χ2v) is 11.8. The van der Waals surface area contributed by atoms with E-state index in [-0.39, 0.29) is 12.1 Å². The molecule has 0 aromatic heterocycles. The zero-order chi connectivity index (χ0) is 17.2. The molecule has 0 N–H and O–H groups in total. The lowest BCUT2D eigenvalue weighted by atomic mass is 10.0. The maximum Gasteiger partial charge on any atom is 0.417 e. The number of nitrogens with zero attached hydrogens (tertiary/aromatic N) is 1. The lowest BCUT2D eigenvalue weighted by molar-refractivity contribution is 0.150. The molecule has 1 aromatic carbocycles. The fourth-order valence-corrected chi connectivity index (χ4v) is 3.23. The highest BCUT2D eigenvalue weighted by Gasteiger charge is 2.39. The van der Waals surface area contributed by atoms with Gasteiger partial charge in [0, 0.05) is 6.08 Å². The molecule has 23 heavy (non-hydrogen) atoms. The van der Waals surface area contributed by atoms with Crippen LogP contribution in [0, 0.1) is 12.8 Å². The summed E-state index contributed by atoms with van der Waals surface area (Å²) in [6.07, 6.45) is 1.62. The molecule has 5 heteroatoms. The topological polar surface area (TPSA) is 38.8 Å². The Morgan fingerprint density at radius 1 is 1.30 bits per heavy atom. The van der Waals surface area contributed by atoms with E-state index in [9.17, 15) is 4.79 Å². The molecule has 1 saturated heterocycles. The van der Waals surface area contributed by atoms with E-state index in [0.29, 0.717) is 18.4 Å². The maximum absolute atomic E-state index is 12.3. The SMILES string of the molecule is Cc1ccc(/C=C(\O[Si](C)(C)C)N2C(=O)OC[C@H]2C(C)C)cc1. The highest BCUT2D eigenvalue weighted by atomic mass is 28.4. The van der Waals surface area contributed by atoms with Gasteiger partial charge < -0.3 is 9.16 Å². The van der Waals surface area contributed by atoms with E-state index in [0.717, 1.165) is 5.56 Å². The summed E-state index contributed by atoms with van der Waals surface area (Å²) in [4.78, 5) is 13.9. The standard InChI is InChI=1S/C18H27NO3Si/c1-13(2)16-12-21-18(20)19(16)17(22-23(4,5)6)11-15-9-7-14(3)8-10-15/h7-11,13,16H,12H2,1-6H3/b17-11-/t16-/m0/s1. The monoisotopic (exact) mass is 333 g/mol. The minimum absolute atomic E-state index is 0.00977. The van der Waals surface area contributed by atoms with Gasteiger partial charge in [-0.15, -0.1) is 0 Å². The average molecular weight is 334 g/mol. The van der Waals surface area contributed by atoms with Crippen molar-refractivity contribution in [2.24, 2.45) is 5.92 Å². The second-order valence-electron chi connectivity index (χ2n) is 7.37. The first-order valence-electron chi connectivity index (χ1n) is 8.11. The predicted octanol–water partition coefficient (Wildman–Crippen LogP) is 4.62. The van der Waals surface area contributed by atoms with E-state index in [1.54, 1.807) is 4.90 Å². The van der Waals surface area contributed by atoms with Crippen LogP contribution in [0.3, 0.4) is 0 Å². The van der Waals surface area contributed by atoms with Crippen molar-refractivity contribution in [2.45, 2.75) is 46.5 Å². The Labute approximate surface area is 140 Å². The summed E-state index contributed by atoms with van der Waals surface area (Å²) in [5, 5.41) is 0. The summed E-state index contributed by atoms with van der Waals surface area (Å²) in [5.41, 5.74) is 2.22. The van der Waals surface area contributed by atoms with Gasteiger partial charge in [0.05, 0.1) is 6.04 Å². The zero-order valence-corrected chi connectivity index (χ0v) is 15.9. The summed E-state index contributed by atoms with van der Waals surface area (Å²) in [5.74, 6) is 0.905. The molecule has 1 aromatic rings. The normalized spacial score (nSPS) is 19.3. The molecule has 1 atom stereocenters. The lowest BCUT2D eigenvalue weighted by Gasteiger charge is -2.31. The number of aryl methyl sites for hydroxylation is 1. The maximum atomic E-state index is 12.3. The number of cyclic esters (lactones) is 1. The minimum atomic E-state index is -1.86. The van der Waals surface area contributed by atoms with E-state index in [4.69, 9.17) is 9.16 Å². The summed E-state index contributed by atoms with van der Waals surface area (Å²) < 4.78 is 11.5. The van der Waals surface area contributed by atoms with Gasteiger partial charge in [-0.2, -0.15) is 0 Å². The van der Waals surface area contributed by atoms with E-state index < -0.39 is 8.32 Å². The third-order valence-electron chi connectivity index (χ3n) is 3.69. The summed E-state index contributed by atoms with van der Waals surface area (Å²) >= 11 is 0. The van der Waals surface area contributed by atoms with Gasteiger partial charge in [-0.3, -0.25) is 0 Å². The molecule has 126 valence electrons. The van der Waals surface area contributed by atoms with Gasteiger partial charge in [-0.05, 0) is 38.0 Å². The smallest absolute Gasteiger partial charge is 0.417 e. The third-order valence-corrected chi connectivity index (χ3v) is 4.51. The van der Waals surface area contributed by atoms with Crippen LogP contribution in [-0.2, 0) is 9.16 Å². The van der Waals surface area contributed by atoms with Crippen LogP contribution in [0.1, 0.15) is 25.0 Å². The molecule has 0 spiro atoms. The van der Waals surface area contributed by atoms with Gasteiger partial charge in [-0.25, -0.2) is 9.69 Å². The molecular weight excluding hydrogens is 306 g/mol. The number of rotatable bonds is 5. The van der Waals surface area contributed by atoms with Crippen molar-refractivity contribution in [3.05, 3.63) is 41.3 Å². The number of amides is 1. The third kappa shape index (κ3) is 4.61. The second kappa shape index (κ2) is 6.79. The summed E-state index contributed by atoms with van der Waals surface area (Å²) in [6, 6.07) is 8.19. The van der Waals surface area contributed by atoms with Gasteiger partial charge in [0.25, 0.3) is 0 Å². The number of hydrogen-bond acceptors (Lipinski definition) is 3. The molecule has 1 aliphatic heterocycles. The molecular formula is C18H27NO3Si. The van der Waals surface area contributed by atoms with Crippen LogP contribution in [0.4, 0.5) is 4.79 Å². The fourth-order valence-electron chi connectivity index (χ4n) is 2.45. The van der Waals surface area contributed by atoms with Crippen LogP contribution in [0.5, 0.6) is 0 Å². The molecule has 0 unspecified atom stereocenters. The molecule has 0 radical (unpaired) electrons. The Hall–Kier alpha value is -1.75. The number of hydrogen-bond donors (Lipinski definition) is 0. The molecule has 2 rings (SSSR count). The Kier molecular flexibility index (Phi) is 5.19. The zero-order valence-electron chi connectivity index (χ0n) is 14.9. The Morgan fingerprint density at radius 2 is 1.91 bits per heavy atom. The molecule has 1 amide bonds. The van der Waals surface area contributed by atoms with Gasteiger partial charge in [0.2, 0.25) is 8.32 Å². The van der Waals surface area contributed by atoms with Crippen molar-refractivity contribution in [1.82, 2.24) is 4.90 Å². The van der Waals surface area contributed by atoms with Crippen LogP contribution < -0.4 is 0 Å². The number of carbonyl (C=O) groups is 1. The van der Waals surface area contributed by atoms with Crippen molar-refractivity contribution in [3.63, 3.8) is 0 Å². The van der Waals surface area contributed by atoms with Crippen LogP contribution >= 0.6 is 0 Å². The van der Waals surface area contributed by atoms with Crippen LogP contribution in [0.25, 0.3) is 6.08 Å². The fraction of sp³-hybridized carbons (Fsp3) is 0.500. The molecule has 0 bridgehead atoms. The van der Waals surface area contributed by atoms with E-state index in [1.165, 1.54) is 5.56 Å². The highest BCUT2D eigenvalue weighted by Crippen LogP contribution is 2.28. The van der Waals surface area contributed by atoms with E-state index in [1.807, 2.05) is 18.2 Å². The van der Waals surface area contributed by atoms with E-state index in [2.05, 4.69) is 52.5 Å². The molecule has 1 aliphatic rings. The van der Waals surface area contributed by atoms with Crippen molar-refractivity contribution in [1.29, 1.82) is 0 Å². The van der Waals surface area contributed by atoms with E-state index >= 15 is 0 Å². The van der Waals surface area contributed by atoms with Gasteiger partial charge in [-0.1, -0.05) is 43.7 Å². The molecule has 0 aliphatic carbocycles. The Morgan fingerprint density at radius 3 is 2.43 bits per heavy atom. The number of benzene rings is 1.